The topological polar surface area (TPSA) is 72.7 Å². The molecule has 0 bridgehead atoms. The Morgan fingerprint density at radius 1 is 1.62 bits per heavy atom. The zero-order valence-corrected chi connectivity index (χ0v) is 10.2. The predicted octanol–water partition coefficient (Wildman–Crippen LogP) is 0.625. The van der Waals surface area contributed by atoms with Crippen LogP contribution in [0.15, 0.2) is 5.16 Å². The van der Waals surface area contributed by atoms with Crippen molar-refractivity contribution in [1.82, 2.24) is 25.5 Å². The number of amides is 1. The van der Waals surface area contributed by atoms with E-state index in [0.29, 0.717) is 17.0 Å². The van der Waals surface area contributed by atoms with Gasteiger partial charge in [-0.05, 0) is 37.1 Å². The SMILES string of the molecule is CC(C)n1nnnc1SCC(=O)NC1CC1. The van der Waals surface area contributed by atoms with Gasteiger partial charge in [0, 0.05) is 6.04 Å². The molecule has 1 N–H and O–H groups in total. The molecule has 16 heavy (non-hydrogen) atoms. The van der Waals surface area contributed by atoms with Crippen molar-refractivity contribution in [2.45, 2.75) is 43.9 Å². The van der Waals surface area contributed by atoms with Gasteiger partial charge in [-0.1, -0.05) is 11.8 Å². The zero-order valence-electron chi connectivity index (χ0n) is 9.38. The molecular formula is C9H15N5OS. The van der Waals surface area contributed by atoms with Crippen molar-refractivity contribution in [3.63, 3.8) is 0 Å². The molecule has 1 aliphatic carbocycles. The standard InChI is InChI=1S/C9H15N5OS/c1-6(2)14-9(11-12-13-14)16-5-8(15)10-7-3-4-7/h6-7H,3-5H2,1-2H3,(H,10,15). The third-order valence-corrected chi connectivity index (χ3v) is 3.16. The summed E-state index contributed by atoms with van der Waals surface area (Å²) in [7, 11) is 0. The van der Waals surface area contributed by atoms with Crippen molar-refractivity contribution in [2.24, 2.45) is 0 Å². The molecule has 0 spiro atoms. The van der Waals surface area contributed by atoms with Gasteiger partial charge in [-0.25, -0.2) is 4.68 Å². The highest BCUT2D eigenvalue weighted by molar-refractivity contribution is 7.99. The monoisotopic (exact) mass is 241 g/mol. The minimum absolute atomic E-state index is 0.0609. The van der Waals surface area contributed by atoms with Crippen molar-refractivity contribution in [1.29, 1.82) is 0 Å². The van der Waals surface area contributed by atoms with E-state index in [9.17, 15) is 4.79 Å². The van der Waals surface area contributed by atoms with E-state index in [-0.39, 0.29) is 11.9 Å². The Hall–Kier alpha value is -1.11. The molecule has 1 aromatic heterocycles. The second kappa shape index (κ2) is 4.82. The number of carbonyl (C=O) groups is 1. The Balaban J connectivity index is 1.83. The Morgan fingerprint density at radius 3 is 3.00 bits per heavy atom. The van der Waals surface area contributed by atoms with E-state index in [4.69, 9.17) is 0 Å². The van der Waals surface area contributed by atoms with Crippen LogP contribution >= 0.6 is 11.8 Å². The summed E-state index contributed by atoms with van der Waals surface area (Å²) in [6, 6.07) is 0.623. The number of rotatable bonds is 5. The van der Waals surface area contributed by atoms with Crippen LogP contribution < -0.4 is 5.32 Å². The predicted molar refractivity (Wildman–Crippen MR) is 60.1 cm³/mol. The van der Waals surface area contributed by atoms with Crippen molar-refractivity contribution < 1.29 is 4.79 Å². The molecule has 1 fully saturated rings. The molecular weight excluding hydrogens is 226 g/mol. The summed E-state index contributed by atoms with van der Waals surface area (Å²) in [6.45, 7) is 4.01. The first kappa shape index (κ1) is 11.4. The molecule has 0 atom stereocenters. The Labute approximate surface area is 98.2 Å². The highest BCUT2D eigenvalue weighted by Crippen LogP contribution is 2.20. The van der Waals surface area contributed by atoms with Gasteiger partial charge in [-0.2, -0.15) is 0 Å². The smallest absolute Gasteiger partial charge is 0.230 e. The fourth-order valence-electron chi connectivity index (χ4n) is 1.23. The second-order valence-corrected chi connectivity index (χ2v) is 5.07. The van der Waals surface area contributed by atoms with E-state index in [2.05, 4.69) is 20.8 Å². The summed E-state index contributed by atoms with van der Waals surface area (Å²) in [5.74, 6) is 0.439. The summed E-state index contributed by atoms with van der Waals surface area (Å²) >= 11 is 1.37. The summed E-state index contributed by atoms with van der Waals surface area (Å²) in [4.78, 5) is 11.5. The summed E-state index contributed by atoms with van der Waals surface area (Å²) in [5.41, 5.74) is 0. The minimum atomic E-state index is 0.0609. The molecule has 0 saturated heterocycles. The van der Waals surface area contributed by atoms with E-state index in [1.165, 1.54) is 11.8 Å². The van der Waals surface area contributed by atoms with Gasteiger partial charge in [-0.3, -0.25) is 4.79 Å². The maximum absolute atomic E-state index is 11.5. The van der Waals surface area contributed by atoms with E-state index in [0.717, 1.165) is 12.8 Å². The van der Waals surface area contributed by atoms with E-state index < -0.39 is 0 Å². The zero-order chi connectivity index (χ0) is 11.5. The average molecular weight is 241 g/mol. The van der Waals surface area contributed by atoms with Crippen LogP contribution in [-0.4, -0.2) is 37.9 Å². The van der Waals surface area contributed by atoms with E-state index in [1.807, 2.05) is 13.8 Å². The molecule has 1 amide bonds. The van der Waals surface area contributed by atoms with Gasteiger partial charge >= 0.3 is 0 Å². The number of thioether (sulfide) groups is 1. The van der Waals surface area contributed by atoms with Crippen LogP contribution in [0.4, 0.5) is 0 Å². The summed E-state index contributed by atoms with van der Waals surface area (Å²) in [5, 5.41) is 15.0. The lowest BCUT2D eigenvalue weighted by Crippen LogP contribution is -2.27. The first-order chi connectivity index (χ1) is 7.66. The van der Waals surface area contributed by atoms with Gasteiger partial charge in [0.1, 0.15) is 0 Å². The normalized spacial score (nSPS) is 15.4. The van der Waals surface area contributed by atoms with E-state index >= 15 is 0 Å². The number of nitrogens with one attached hydrogen (secondary N) is 1. The molecule has 1 aromatic rings. The molecule has 0 aliphatic heterocycles. The molecule has 2 rings (SSSR count). The van der Waals surface area contributed by atoms with Crippen LogP contribution in [0, 0.1) is 0 Å². The van der Waals surface area contributed by atoms with Gasteiger partial charge in [0.15, 0.2) is 0 Å². The fraction of sp³-hybridized carbons (Fsp3) is 0.778. The summed E-state index contributed by atoms with van der Waals surface area (Å²) in [6.07, 6.45) is 2.22. The second-order valence-electron chi connectivity index (χ2n) is 4.13. The lowest BCUT2D eigenvalue weighted by molar-refractivity contribution is -0.118. The number of nitrogens with zero attached hydrogens (tertiary/aromatic N) is 4. The van der Waals surface area contributed by atoms with Gasteiger partial charge in [0.25, 0.3) is 0 Å². The minimum Gasteiger partial charge on any atom is -0.353 e. The number of aromatic nitrogens is 4. The average Bonchev–Trinajstić information content (AvgIpc) is 2.91. The highest BCUT2D eigenvalue weighted by atomic mass is 32.2. The van der Waals surface area contributed by atoms with Crippen LogP contribution in [0.25, 0.3) is 0 Å². The molecule has 88 valence electrons. The third-order valence-electron chi connectivity index (χ3n) is 2.23. The highest BCUT2D eigenvalue weighted by Gasteiger charge is 2.23. The van der Waals surface area contributed by atoms with Crippen LogP contribution in [0.5, 0.6) is 0 Å². The fourth-order valence-corrected chi connectivity index (χ4v) is 2.05. The molecule has 1 aliphatic rings. The number of tetrazole rings is 1. The first-order valence-electron chi connectivity index (χ1n) is 5.37. The largest absolute Gasteiger partial charge is 0.353 e. The van der Waals surface area contributed by atoms with Crippen LogP contribution in [-0.2, 0) is 4.79 Å². The van der Waals surface area contributed by atoms with Gasteiger partial charge in [0.05, 0.1) is 11.8 Å². The Morgan fingerprint density at radius 2 is 2.38 bits per heavy atom. The van der Waals surface area contributed by atoms with Gasteiger partial charge < -0.3 is 5.32 Å². The Bertz CT molecular complexity index is 374. The number of carbonyl (C=O) groups excluding carboxylic acids is 1. The molecule has 6 nitrogen and oxygen atoms in total. The maximum Gasteiger partial charge on any atom is 0.230 e. The molecule has 0 unspecified atom stereocenters. The van der Waals surface area contributed by atoms with Crippen molar-refractivity contribution in [2.75, 3.05) is 5.75 Å². The molecule has 0 radical (unpaired) electrons. The molecule has 1 heterocycles. The van der Waals surface area contributed by atoms with Gasteiger partial charge in [-0.15, -0.1) is 5.10 Å². The van der Waals surface area contributed by atoms with Gasteiger partial charge in [0.2, 0.25) is 11.1 Å². The molecule has 1 saturated carbocycles. The van der Waals surface area contributed by atoms with Crippen molar-refractivity contribution in [3.8, 4) is 0 Å². The van der Waals surface area contributed by atoms with Crippen LogP contribution in [0.2, 0.25) is 0 Å². The number of hydrogen-bond donors (Lipinski definition) is 1. The van der Waals surface area contributed by atoms with Crippen molar-refractivity contribution in [3.05, 3.63) is 0 Å². The first-order valence-corrected chi connectivity index (χ1v) is 6.35. The lowest BCUT2D eigenvalue weighted by atomic mass is 10.4. The van der Waals surface area contributed by atoms with Crippen LogP contribution in [0.3, 0.4) is 0 Å². The quantitative estimate of drug-likeness (QED) is 0.765. The molecule has 0 aromatic carbocycles. The Kier molecular flexibility index (Phi) is 3.42. The maximum atomic E-state index is 11.5. The molecule has 7 heteroatoms. The van der Waals surface area contributed by atoms with Crippen molar-refractivity contribution >= 4 is 17.7 Å². The number of hydrogen-bond acceptors (Lipinski definition) is 5. The van der Waals surface area contributed by atoms with Crippen LogP contribution in [0.1, 0.15) is 32.7 Å². The third kappa shape index (κ3) is 2.94. The lowest BCUT2D eigenvalue weighted by Gasteiger charge is -2.06. The summed E-state index contributed by atoms with van der Waals surface area (Å²) < 4.78 is 1.72. The van der Waals surface area contributed by atoms with E-state index in [1.54, 1.807) is 4.68 Å².